The quantitative estimate of drug-likeness (QED) is 0.640. The third kappa shape index (κ3) is 4.24. The van der Waals surface area contributed by atoms with Crippen LogP contribution in [0.1, 0.15) is 51.0 Å². The zero-order valence-electron chi connectivity index (χ0n) is 12.0. The fourth-order valence-electron chi connectivity index (χ4n) is 2.90. The molecule has 0 amide bonds. The average molecular weight is 325 g/mol. The Kier molecular flexibility index (Phi) is 5.75. The van der Waals surface area contributed by atoms with Crippen molar-refractivity contribution in [1.29, 1.82) is 0 Å². The Morgan fingerprint density at radius 2 is 1.79 bits per heavy atom. The molecule has 19 heavy (non-hydrogen) atoms. The SMILES string of the molecule is CCCc1ccc(OCC2(CBr)CCCCC2)cc1. The lowest BCUT2D eigenvalue weighted by molar-refractivity contribution is 0.122. The summed E-state index contributed by atoms with van der Waals surface area (Å²) in [5.74, 6) is 1.02. The summed E-state index contributed by atoms with van der Waals surface area (Å²) in [7, 11) is 0. The molecule has 1 saturated carbocycles. The molecule has 0 aliphatic heterocycles. The summed E-state index contributed by atoms with van der Waals surface area (Å²) in [6, 6.07) is 8.63. The Balaban J connectivity index is 1.89. The van der Waals surface area contributed by atoms with E-state index < -0.39 is 0 Å². The van der Waals surface area contributed by atoms with Gasteiger partial charge in [0.2, 0.25) is 0 Å². The standard InChI is InChI=1S/C17H25BrO/c1-2-6-15-7-9-16(10-8-15)19-14-17(13-18)11-4-3-5-12-17/h7-10H,2-6,11-14H2,1H3. The van der Waals surface area contributed by atoms with Gasteiger partial charge in [0.25, 0.3) is 0 Å². The second kappa shape index (κ2) is 7.33. The van der Waals surface area contributed by atoms with E-state index in [0.29, 0.717) is 5.41 Å². The summed E-state index contributed by atoms with van der Waals surface area (Å²) < 4.78 is 6.04. The smallest absolute Gasteiger partial charge is 0.119 e. The largest absolute Gasteiger partial charge is 0.493 e. The van der Waals surface area contributed by atoms with Crippen molar-refractivity contribution in [2.45, 2.75) is 51.9 Å². The van der Waals surface area contributed by atoms with Gasteiger partial charge in [-0.3, -0.25) is 0 Å². The van der Waals surface area contributed by atoms with Gasteiger partial charge >= 0.3 is 0 Å². The maximum absolute atomic E-state index is 6.04. The minimum atomic E-state index is 0.361. The molecule has 0 unspecified atom stereocenters. The highest BCUT2D eigenvalue weighted by Crippen LogP contribution is 2.38. The highest BCUT2D eigenvalue weighted by Gasteiger charge is 2.31. The number of hydrogen-bond acceptors (Lipinski definition) is 1. The van der Waals surface area contributed by atoms with Gasteiger partial charge in [0, 0.05) is 10.7 Å². The summed E-state index contributed by atoms with van der Waals surface area (Å²) in [6.07, 6.45) is 9.05. The van der Waals surface area contributed by atoms with E-state index in [1.165, 1.54) is 44.1 Å². The molecular weight excluding hydrogens is 300 g/mol. The van der Waals surface area contributed by atoms with Gasteiger partial charge in [-0.15, -0.1) is 0 Å². The first-order valence-corrected chi connectivity index (χ1v) is 8.68. The predicted molar refractivity (Wildman–Crippen MR) is 85.2 cm³/mol. The number of aryl methyl sites for hydroxylation is 1. The summed E-state index contributed by atoms with van der Waals surface area (Å²) in [4.78, 5) is 0. The lowest BCUT2D eigenvalue weighted by Crippen LogP contribution is -2.32. The van der Waals surface area contributed by atoms with Crippen molar-refractivity contribution in [1.82, 2.24) is 0 Å². The molecule has 0 atom stereocenters. The molecule has 1 aliphatic carbocycles. The maximum Gasteiger partial charge on any atom is 0.119 e. The third-order valence-electron chi connectivity index (χ3n) is 4.20. The number of alkyl halides is 1. The van der Waals surface area contributed by atoms with Gasteiger partial charge in [-0.2, -0.15) is 0 Å². The molecule has 2 rings (SSSR count). The zero-order chi connectivity index (χ0) is 13.6. The minimum Gasteiger partial charge on any atom is -0.493 e. The highest BCUT2D eigenvalue weighted by atomic mass is 79.9. The van der Waals surface area contributed by atoms with E-state index in [0.717, 1.165) is 24.1 Å². The number of rotatable bonds is 6. The van der Waals surface area contributed by atoms with E-state index >= 15 is 0 Å². The summed E-state index contributed by atoms with van der Waals surface area (Å²) in [5, 5.41) is 1.06. The van der Waals surface area contributed by atoms with Crippen LogP contribution in [0, 0.1) is 5.41 Å². The monoisotopic (exact) mass is 324 g/mol. The molecule has 106 valence electrons. The van der Waals surface area contributed by atoms with Crippen molar-refractivity contribution in [2.24, 2.45) is 5.41 Å². The van der Waals surface area contributed by atoms with E-state index in [4.69, 9.17) is 4.74 Å². The molecule has 0 N–H and O–H groups in total. The van der Waals surface area contributed by atoms with Crippen LogP contribution in [0.25, 0.3) is 0 Å². The first-order valence-electron chi connectivity index (χ1n) is 7.56. The van der Waals surface area contributed by atoms with Gasteiger partial charge in [-0.25, -0.2) is 0 Å². The van der Waals surface area contributed by atoms with Crippen molar-refractivity contribution in [3.05, 3.63) is 29.8 Å². The van der Waals surface area contributed by atoms with Crippen LogP contribution in [-0.4, -0.2) is 11.9 Å². The molecule has 0 aromatic heterocycles. The Bertz CT molecular complexity index is 365. The first-order chi connectivity index (χ1) is 9.28. The lowest BCUT2D eigenvalue weighted by atomic mass is 9.76. The van der Waals surface area contributed by atoms with Crippen LogP contribution in [0.4, 0.5) is 0 Å². The molecule has 1 fully saturated rings. The summed E-state index contributed by atoms with van der Waals surface area (Å²) in [5.41, 5.74) is 1.77. The second-order valence-electron chi connectivity index (χ2n) is 5.88. The van der Waals surface area contributed by atoms with Gasteiger partial charge in [0.05, 0.1) is 6.61 Å². The van der Waals surface area contributed by atoms with Crippen molar-refractivity contribution in [3.8, 4) is 5.75 Å². The molecular formula is C17H25BrO. The van der Waals surface area contributed by atoms with Gasteiger partial charge in [-0.1, -0.05) is 60.7 Å². The Labute approximate surface area is 125 Å². The number of hydrogen-bond donors (Lipinski definition) is 0. The molecule has 1 aliphatic rings. The zero-order valence-corrected chi connectivity index (χ0v) is 13.5. The molecule has 0 radical (unpaired) electrons. The Morgan fingerprint density at radius 1 is 1.11 bits per heavy atom. The van der Waals surface area contributed by atoms with Crippen molar-refractivity contribution in [2.75, 3.05) is 11.9 Å². The van der Waals surface area contributed by atoms with Crippen LogP contribution >= 0.6 is 15.9 Å². The number of benzene rings is 1. The topological polar surface area (TPSA) is 9.23 Å². The van der Waals surface area contributed by atoms with Crippen molar-refractivity contribution >= 4 is 15.9 Å². The van der Waals surface area contributed by atoms with Crippen LogP contribution in [0.5, 0.6) is 5.75 Å². The highest BCUT2D eigenvalue weighted by molar-refractivity contribution is 9.09. The lowest BCUT2D eigenvalue weighted by Gasteiger charge is -2.35. The summed E-state index contributed by atoms with van der Waals surface area (Å²) in [6.45, 7) is 3.07. The maximum atomic E-state index is 6.04. The van der Waals surface area contributed by atoms with E-state index in [-0.39, 0.29) is 0 Å². The Morgan fingerprint density at radius 3 is 2.37 bits per heavy atom. The van der Waals surface area contributed by atoms with Crippen LogP contribution in [0.2, 0.25) is 0 Å². The molecule has 0 bridgehead atoms. The van der Waals surface area contributed by atoms with Crippen LogP contribution in [-0.2, 0) is 6.42 Å². The van der Waals surface area contributed by atoms with Gasteiger partial charge < -0.3 is 4.74 Å². The van der Waals surface area contributed by atoms with E-state index in [9.17, 15) is 0 Å². The molecule has 0 saturated heterocycles. The molecule has 0 heterocycles. The summed E-state index contributed by atoms with van der Waals surface area (Å²) >= 11 is 3.69. The molecule has 1 nitrogen and oxygen atoms in total. The molecule has 1 aromatic carbocycles. The minimum absolute atomic E-state index is 0.361. The van der Waals surface area contributed by atoms with E-state index in [1.807, 2.05) is 0 Å². The van der Waals surface area contributed by atoms with Gasteiger partial charge in [-0.05, 0) is 37.0 Å². The molecule has 1 aromatic rings. The van der Waals surface area contributed by atoms with Crippen LogP contribution < -0.4 is 4.74 Å². The van der Waals surface area contributed by atoms with Gasteiger partial charge in [0.1, 0.15) is 5.75 Å². The normalized spacial score (nSPS) is 18.2. The Hall–Kier alpha value is -0.500. The number of ether oxygens (including phenoxy) is 1. The molecule has 2 heteroatoms. The molecule has 0 spiro atoms. The van der Waals surface area contributed by atoms with Gasteiger partial charge in [0.15, 0.2) is 0 Å². The van der Waals surface area contributed by atoms with E-state index in [2.05, 4.69) is 47.1 Å². The fourth-order valence-corrected chi connectivity index (χ4v) is 3.62. The predicted octanol–water partition coefficient (Wildman–Crippen LogP) is 5.36. The fraction of sp³-hybridized carbons (Fsp3) is 0.647. The van der Waals surface area contributed by atoms with Crippen molar-refractivity contribution in [3.63, 3.8) is 0 Å². The second-order valence-corrected chi connectivity index (χ2v) is 6.44. The average Bonchev–Trinajstić information content (AvgIpc) is 2.48. The van der Waals surface area contributed by atoms with E-state index in [1.54, 1.807) is 0 Å². The van der Waals surface area contributed by atoms with Crippen molar-refractivity contribution < 1.29 is 4.74 Å². The number of halogens is 1. The third-order valence-corrected chi connectivity index (χ3v) is 5.39. The first kappa shape index (κ1) is 14.9. The van der Waals surface area contributed by atoms with Crippen LogP contribution in [0.15, 0.2) is 24.3 Å². The van der Waals surface area contributed by atoms with Crippen LogP contribution in [0.3, 0.4) is 0 Å².